The van der Waals surface area contributed by atoms with Crippen LogP contribution in [0.2, 0.25) is 0 Å². The van der Waals surface area contributed by atoms with Gasteiger partial charge in [-0.3, -0.25) is 4.90 Å². The average Bonchev–Trinajstić information content (AvgIpc) is 2.75. The Morgan fingerprint density at radius 1 is 1.50 bits per heavy atom. The molecule has 0 bridgehead atoms. The van der Waals surface area contributed by atoms with Crippen LogP contribution in [-0.2, 0) is 4.74 Å². The number of ether oxygens (including phenoxy) is 1. The quantitative estimate of drug-likeness (QED) is 0.752. The molecular formula is C13H28N2O. The van der Waals surface area contributed by atoms with Crippen LogP contribution in [0.5, 0.6) is 0 Å². The summed E-state index contributed by atoms with van der Waals surface area (Å²) in [7, 11) is 1.76. The summed E-state index contributed by atoms with van der Waals surface area (Å²) in [6.07, 6.45) is 2.35. The van der Waals surface area contributed by atoms with E-state index in [1.807, 2.05) is 0 Å². The summed E-state index contributed by atoms with van der Waals surface area (Å²) in [6, 6.07) is 0. The molecule has 2 N–H and O–H groups in total. The van der Waals surface area contributed by atoms with E-state index < -0.39 is 0 Å². The summed E-state index contributed by atoms with van der Waals surface area (Å²) >= 11 is 0. The molecule has 3 heteroatoms. The smallest absolute Gasteiger partial charge is 0.0480 e. The first-order chi connectivity index (χ1) is 7.53. The molecule has 2 atom stereocenters. The molecule has 1 fully saturated rings. The number of nitrogens with zero attached hydrogens (tertiary/aromatic N) is 1. The number of likely N-dealkylation sites (tertiary alicyclic amines) is 1. The van der Waals surface area contributed by atoms with Crippen molar-refractivity contribution in [2.45, 2.75) is 39.2 Å². The lowest BCUT2D eigenvalue weighted by molar-refractivity contribution is 0.0830. The first-order valence-corrected chi connectivity index (χ1v) is 6.47. The second-order valence-electron chi connectivity index (χ2n) is 5.68. The second-order valence-corrected chi connectivity index (χ2v) is 5.68. The Labute approximate surface area is 100 Å². The van der Waals surface area contributed by atoms with Crippen LogP contribution in [0.25, 0.3) is 0 Å². The zero-order chi connectivity index (χ0) is 12.2. The normalized spacial score (nSPS) is 26.2. The van der Waals surface area contributed by atoms with Crippen LogP contribution in [0, 0.1) is 11.8 Å². The highest BCUT2D eigenvalue weighted by Crippen LogP contribution is 2.30. The Morgan fingerprint density at radius 3 is 2.62 bits per heavy atom. The lowest BCUT2D eigenvalue weighted by Gasteiger charge is -2.38. The SMILES string of the molecule is COCCC(C)(CN)N1CCC(C(C)C)C1. The van der Waals surface area contributed by atoms with Gasteiger partial charge in [-0.1, -0.05) is 13.8 Å². The minimum atomic E-state index is 0.125. The van der Waals surface area contributed by atoms with Crippen molar-refractivity contribution in [1.82, 2.24) is 4.90 Å². The van der Waals surface area contributed by atoms with Gasteiger partial charge < -0.3 is 10.5 Å². The molecule has 0 aromatic rings. The Morgan fingerprint density at radius 2 is 2.19 bits per heavy atom. The molecule has 1 heterocycles. The molecule has 0 aliphatic carbocycles. The molecule has 1 saturated heterocycles. The maximum atomic E-state index is 5.95. The van der Waals surface area contributed by atoms with E-state index in [1.165, 1.54) is 19.5 Å². The fraction of sp³-hybridized carbons (Fsp3) is 1.00. The van der Waals surface area contributed by atoms with Crippen molar-refractivity contribution in [2.24, 2.45) is 17.6 Å². The molecule has 0 amide bonds. The topological polar surface area (TPSA) is 38.5 Å². The molecule has 1 aliphatic heterocycles. The third kappa shape index (κ3) is 3.19. The Bertz CT molecular complexity index is 208. The molecule has 3 nitrogen and oxygen atoms in total. The van der Waals surface area contributed by atoms with Gasteiger partial charge in [0.05, 0.1) is 0 Å². The molecule has 0 radical (unpaired) electrons. The molecule has 1 rings (SSSR count). The molecule has 0 saturated carbocycles. The van der Waals surface area contributed by atoms with Crippen LogP contribution >= 0.6 is 0 Å². The Kier molecular flexibility index (Phi) is 5.22. The van der Waals surface area contributed by atoms with Gasteiger partial charge >= 0.3 is 0 Å². The van der Waals surface area contributed by atoms with Gasteiger partial charge in [0, 0.05) is 32.3 Å². The molecule has 16 heavy (non-hydrogen) atoms. The molecular weight excluding hydrogens is 200 g/mol. The lowest BCUT2D eigenvalue weighted by atomic mass is 9.94. The van der Waals surface area contributed by atoms with Crippen LogP contribution in [0.3, 0.4) is 0 Å². The van der Waals surface area contributed by atoms with E-state index >= 15 is 0 Å². The first-order valence-electron chi connectivity index (χ1n) is 6.47. The van der Waals surface area contributed by atoms with E-state index in [4.69, 9.17) is 10.5 Å². The summed E-state index contributed by atoms with van der Waals surface area (Å²) < 4.78 is 5.19. The van der Waals surface area contributed by atoms with Crippen molar-refractivity contribution in [1.29, 1.82) is 0 Å². The fourth-order valence-corrected chi connectivity index (χ4v) is 2.53. The zero-order valence-electron chi connectivity index (χ0n) is 11.3. The van der Waals surface area contributed by atoms with Crippen LogP contribution in [-0.4, -0.2) is 43.8 Å². The monoisotopic (exact) mass is 228 g/mol. The van der Waals surface area contributed by atoms with Gasteiger partial charge in [-0.2, -0.15) is 0 Å². The first kappa shape index (κ1) is 13.9. The standard InChI is InChI=1S/C13H28N2O/c1-11(2)12-5-7-15(9-12)13(3,10-14)6-8-16-4/h11-12H,5-10,14H2,1-4H3. The van der Waals surface area contributed by atoms with Gasteiger partial charge in [0.15, 0.2) is 0 Å². The largest absolute Gasteiger partial charge is 0.385 e. The van der Waals surface area contributed by atoms with Gasteiger partial charge in [-0.25, -0.2) is 0 Å². The number of hydrogen-bond donors (Lipinski definition) is 1. The number of methoxy groups -OCH3 is 1. The van der Waals surface area contributed by atoms with Gasteiger partial charge in [0.2, 0.25) is 0 Å². The van der Waals surface area contributed by atoms with Crippen molar-refractivity contribution in [3.63, 3.8) is 0 Å². The highest BCUT2D eigenvalue weighted by molar-refractivity contribution is 4.92. The highest BCUT2D eigenvalue weighted by atomic mass is 16.5. The van der Waals surface area contributed by atoms with Crippen molar-refractivity contribution in [3.05, 3.63) is 0 Å². The van der Waals surface area contributed by atoms with Crippen molar-refractivity contribution >= 4 is 0 Å². The minimum absolute atomic E-state index is 0.125. The van der Waals surface area contributed by atoms with Crippen LogP contribution in [0.15, 0.2) is 0 Å². The van der Waals surface area contributed by atoms with E-state index in [2.05, 4.69) is 25.7 Å². The number of rotatable bonds is 6. The van der Waals surface area contributed by atoms with Crippen molar-refractivity contribution < 1.29 is 4.74 Å². The van der Waals surface area contributed by atoms with Crippen LogP contribution in [0.4, 0.5) is 0 Å². The second kappa shape index (κ2) is 5.99. The lowest BCUT2D eigenvalue weighted by Crippen LogP contribution is -2.51. The third-order valence-electron chi connectivity index (χ3n) is 4.22. The van der Waals surface area contributed by atoms with E-state index in [1.54, 1.807) is 7.11 Å². The van der Waals surface area contributed by atoms with Gasteiger partial charge in [0.1, 0.15) is 0 Å². The molecule has 2 unspecified atom stereocenters. The highest BCUT2D eigenvalue weighted by Gasteiger charge is 2.36. The number of nitrogens with two attached hydrogens (primary N) is 1. The summed E-state index contributed by atoms with van der Waals surface area (Å²) in [5, 5.41) is 0. The summed E-state index contributed by atoms with van der Waals surface area (Å²) in [6.45, 7) is 10.8. The van der Waals surface area contributed by atoms with Crippen molar-refractivity contribution in [3.8, 4) is 0 Å². The zero-order valence-corrected chi connectivity index (χ0v) is 11.3. The maximum absolute atomic E-state index is 5.95. The van der Waals surface area contributed by atoms with Crippen LogP contribution < -0.4 is 5.73 Å². The van der Waals surface area contributed by atoms with Gasteiger partial charge in [-0.15, -0.1) is 0 Å². The van der Waals surface area contributed by atoms with E-state index in [0.717, 1.165) is 31.4 Å². The van der Waals surface area contributed by atoms with Gasteiger partial charge in [-0.05, 0) is 38.1 Å². The van der Waals surface area contributed by atoms with E-state index in [-0.39, 0.29) is 5.54 Å². The van der Waals surface area contributed by atoms with Crippen molar-refractivity contribution in [2.75, 3.05) is 33.4 Å². The number of hydrogen-bond acceptors (Lipinski definition) is 3. The predicted molar refractivity (Wildman–Crippen MR) is 68.5 cm³/mol. The Balaban J connectivity index is 2.54. The molecule has 96 valence electrons. The summed E-state index contributed by atoms with van der Waals surface area (Å²) in [5.74, 6) is 1.63. The third-order valence-corrected chi connectivity index (χ3v) is 4.22. The van der Waals surface area contributed by atoms with Crippen LogP contribution in [0.1, 0.15) is 33.6 Å². The average molecular weight is 228 g/mol. The summed E-state index contributed by atoms with van der Waals surface area (Å²) in [4.78, 5) is 2.57. The molecule has 0 spiro atoms. The molecule has 1 aliphatic rings. The maximum Gasteiger partial charge on any atom is 0.0480 e. The molecule has 0 aromatic carbocycles. The molecule has 0 aromatic heterocycles. The van der Waals surface area contributed by atoms with E-state index in [9.17, 15) is 0 Å². The Hall–Kier alpha value is -0.120. The van der Waals surface area contributed by atoms with Gasteiger partial charge in [0.25, 0.3) is 0 Å². The van der Waals surface area contributed by atoms with E-state index in [0.29, 0.717) is 0 Å². The summed E-state index contributed by atoms with van der Waals surface area (Å²) in [5.41, 5.74) is 6.08. The minimum Gasteiger partial charge on any atom is -0.385 e. The predicted octanol–water partition coefficient (Wildman–Crippen LogP) is 1.72. The fourth-order valence-electron chi connectivity index (χ4n) is 2.53.